The highest BCUT2D eigenvalue weighted by Crippen LogP contribution is 2.40. The molecule has 1 saturated carbocycles. The molecule has 0 radical (unpaired) electrons. The van der Waals surface area contributed by atoms with Gasteiger partial charge in [0.25, 0.3) is 0 Å². The van der Waals surface area contributed by atoms with Gasteiger partial charge in [-0.2, -0.15) is 0 Å². The molecule has 0 bridgehead atoms. The van der Waals surface area contributed by atoms with Crippen molar-refractivity contribution >= 4 is 0 Å². The van der Waals surface area contributed by atoms with E-state index < -0.39 is 0 Å². The first kappa shape index (κ1) is 16.0. The van der Waals surface area contributed by atoms with Crippen LogP contribution in [-0.4, -0.2) is 23.3 Å². The van der Waals surface area contributed by atoms with E-state index in [0.717, 1.165) is 12.3 Å². The van der Waals surface area contributed by atoms with E-state index in [4.69, 9.17) is 0 Å². The Morgan fingerprint density at radius 2 is 1.72 bits per heavy atom. The molecule has 2 heteroatoms. The van der Waals surface area contributed by atoms with Crippen LogP contribution in [0.4, 0.5) is 0 Å². The topological polar surface area (TPSA) is 32.3 Å². The molecule has 0 aromatic carbocycles. The minimum Gasteiger partial charge on any atom is -0.393 e. The van der Waals surface area contributed by atoms with Crippen molar-refractivity contribution in [3.63, 3.8) is 0 Å². The Hall–Kier alpha value is -0.0800. The van der Waals surface area contributed by atoms with Crippen LogP contribution in [0.1, 0.15) is 73.1 Å². The average Bonchev–Trinajstić information content (AvgIpc) is 2.28. The highest BCUT2D eigenvalue weighted by molar-refractivity contribution is 4.86. The highest BCUT2D eigenvalue weighted by Gasteiger charge is 2.31. The third-order valence-electron chi connectivity index (χ3n) is 4.96. The monoisotopic (exact) mass is 255 g/mol. The summed E-state index contributed by atoms with van der Waals surface area (Å²) < 4.78 is 0. The smallest absolute Gasteiger partial charge is 0.0526 e. The highest BCUT2D eigenvalue weighted by atomic mass is 16.3. The lowest BCUT2D eigenvalue weighted by Gasteiger charge is -2.39. The van der Waals surface area contributed by atoms with Crippen LogP contribution < -0.4 is 5.32 Å². The summed E-state index contributed by atoms with van der Waals surface area (Å²) in [4.78, 5) is 0. The first-order chi connectivity index (χ1) is 8.35. The molecule has 0 amide bonds. The molecule has 0 saturated heterocycles. The first-order valence-electron chi connectivity index (χ1n) is 7.79. The number of aliphatic hydroxyl groups is 1. The van der Waals surface area contributed by atoms with Gasteiger partial charge in [-0.15, -0.1) is 0 Å². The molecule has 2 nitrogen and oxygen atoms in total. The maximum absolute atomic E-state index is 9.39. The van der Waals surface area contributed by atoms with Crippen molar-refractivity contribution in [3.05, 3.63) is 0 Å². The molecule has 1 aliphatic rings. The largest absolute Gasteiger partial charge is 0.393 e. The second kappa shape index (κ2) is 6.91. The molecular formula is C16H33NO. The summed E-state index contributed by atoms with van der Waals surface area (Å²) in [6.45, 7) is 11.2. The lowest BCUT2D eigenvalue weighted by atomic mass is 9.69. The third-order valence-corrected chi connectivity index (χ3v) is 4.96. The average molecular weight is 255 g/mol. The van der Waals surface area contributed by atoms with Crippen molar-refractivity contribution in [2.45, 2.75) is 91.3 Å². The molecule has 1 rings (SSSR count). The number of hydrogen-bond acceptors (Lipinski definition) is 2. The van der Waals surface area contributed by atoms with Gasteiger partial charge in [-0.05, 0) is 57.3 Å². The summed E-state index contributed by atoms with van der Waals surface area (Å²) >= 11 is 0. The standard InChI is InChI=1S/C16H33NO/c1-6-16(4,5)14-7-9-15(10-8-14)17-12(2)11-13(3)18/h12-15,17-18H,6-11H2,1-5H3. The number of nitrogens with one attached hydrogen (secondary N) is 1. The molecule has 0 spiro atoms. The Kier molecular flexibility index (Phi) is 6.13. The second-order valence-electron chi connectivity index (χ2n) is 7.04. The minimum atomic E-state index is -0.192. The van der Waals surface area contributed by atoms with Gasteiger partial charge in [0.2, 0.25) is 0 Å². The van der Waals surface area contributed by atoms with Crippen molar-refractivity contribution in [3.8, 4) is 0 Å². The fraction of sp³-hybridized carbons (Fsp3) is 1.00. The molecule has 0 heterocycles. The van der Waals surface area contributed by atoms with Crippen LogP contribution in [0.25, 0.3) is 0 Å². The van der Waals surface area contributed by atoms with Crippen LogP contribution >= 0.6 is 0 Å². The fourth-order valence-electron chi connectivity index (χ4n) is 3.31. The molecule has 1 fully saturated rings. The van der Waals surface area contributed by atoms with Gasteiger partial charge in [-0.3, -0.25) is 0 Å². The second-order valence-corrected chi connectivity index (χ2v) is 7.04. The van der Waals surface area contributed by atoms with Crippen LogP contribution in [0.2, 0.25) is 0 Å². The molecule has 0 aromatic heterocycles. The van der Waals surface area contributed by atoms with E-state index in [1.54, 1.807) is 0 Å². The molecule has 2 N–H and O–H groups in total. The Balaban J connectivity index is 2.31. The zero-order chi connectivity index (χ0) is 13.8. The third kappa shape index (κ3) is 4.89. The van der Waals surface area contributed by atoms with Gasteiger partial charge in [-0.25, -0.2) is 0 Å². The molecule has 18 heavy (non-hydrogen) atoms. The Morgan fingerprint density at radius 3 is 2.17 bits per heavy atom. The van der Waals surface area contributed by atoms with Crippen molar-refractivity contribution in [1.29, 1.82) is 0 Å². The molecule has 1 aliphatic carbocycles. The van der Waals surface area contributed by atoms with E-state index in [2.05, 4.69) is 33.0 Å². The summed E-state index contributed by atoms with van der Waals surface area (Å²) in [6, 6.07) is 1.10. The predicted molar refractivity (Wildman–Crippen MR) is 78.7 cm³/mol. The van der Waals surface area contributed by atoms with Crippen molar-refractivity contribution in [1.82, 2.24) is 5.32 Å². The van der Waals surface area contributed by atoms with E-state index in [0.29, 0.717) is 17.5 Å². The molecule has 0 aromatic rings. The maximum Gasteiger partial charge on any atom is 0.0526 e. The van der Waals surface area contributed by atoms with Gasteiger partial charge in [0.05, 0.1) is 6.10 Å². The maximum atomic E-state index is 9.39. The fourth-order valence-corrected chi connectivity index (χ4v) is 3.31. The lowest BCUT2D eigenvalue weighted by Crippen LogP contribution is -2.41. The van der Waals surface area contributed by atoms with E-state index in [1.807, 2.05) is 6.92 Å². The van der Waals surface area contributed by atoms with Crippen molar-refractivity contribution < 1.29 is 5.11 Å². The molecule has 2 unspecified atom stereocenters. The lowest BCUT2D eigenvalue weighted by molar-refractivity contribution is 0.127. The van der Waals surface area contributed by atoms with E-state index >= 15 is 0 Å². The van der Waals surface area contributed by atoms with Crippen LogP contribution in [-0.2, 0) is 0 Å². The SMILES string of the molecule is CCC(C)(C)C1CCC(NC(C)CC(C)O)CC1. The van der Waals surface area contributed by atoms with Crippen molar-refractivity contribution in [2.24, 2.45) is 11.3 Å². The summed E-state index contributed by atoms with van der Waals surface area (Å²) in [7, 11) is 0. The van der Waals surface area contributed by atoms with Gasteiger partial charge >= 0.3 is 0 Å². The normalized spacial score (nSPS) is 29.0. The summed E-state index contributed by atoms with van der Waals surface area (Å²) in [6.07, 6.45) is 7.29. The van der Waals surface area contributed by atoms with Gasteiger partial charge in [0.15, 0.2) is 0 Å². The molecule has 2 atom stereocenters. The van der Waals surface area contributed by atoms with Crippen LogP contribution in [0.15, 0.2) is 0 Å². The quantitative estimate of drug-likeness (QED) is 0.758. The Labute approximate surface area is 114 Å². The summed E-state index contributed by atoms with van der Waals surface area (Å²) in [5.74, 6) is 0.896. The summed E-state index contributed by atoms with van der Waals surface area (Å²) in [5.41, 5.74) is 0.510. The predicted octanol–water partition coefficient (Wildman–Crippen LogP) is 3.73. The number of aliphatic hydroxyl groups excluding tert-OH is 1. The number of hydrogen-bond donors (Lipinski definition) is 2. The van der Waals surface area contributed by atoms with E-state index in [9.17, 15) is 5.11 Å². The van der Waals surface area contributed by atoms with E-state index in [-0.39, 0.29) is 6.10 Å². The zero-order valence-corrected chi connectivity index (χ0v) is 13.0. The minimum absolute atomic E-state index is 0.192. The Bertz CT molecular complexity index is 229. The molecule has 108 valence electrons. The first-order valence-corrected chi connectivity index (χ1v) is 7.79. The molecule has 0 aliphatic heterocycles. The molecular weight excluding hydrogens is 222 g/mol. The van der Waals surface area contributed by atoms with Gasteiger partial charge in [0.1, 0.15) is 0 Å². The van der Waals surface area contributed by atoms with Crippen LogP contribution in [0.3, 0.4) is 0 Å². The zero-order valence-electron chi connectivity index (χ0n) is 13.0. The van der Waals surface area contributed by atoms with Gasteiger partial charge < -0.3 is 10.4 Å². The number of rotatable bonds is 6. The Morgan fingerprint density at radius 1 is 1.17 bits per heavy atom. The van der Waals surface area contributed by atoms with Crippen molar-refractivity contribution in [2.75, 3.05) is 0 Å². The van der Waals surface area contributed by atoms with Crippen LogP contribution in [0, 0.1) is 11.3 Å². The van der Waals surface area contributed by atoms with E-state index in [1.165, 1.54) is 32.1 Å². The van der Waals surface area contributed by atoms with Gasteiger partial charge in [0, 0.05) is 12.1 Å². The van der Waals surface area contributed by atoms with Crippen LogP contribution in [0.5, 0.6) is 0 Å². The summed E-state index contributed by atoms with van der Waals surface area (Å²) in [5, 5.41) is 13.1. The van der Waals surface area contributed by atoms with Gasteiger partial charge in [-0.1, -0.05) is 27.2 Å².